The van der Waals surface area contributed by atoms with E-state index in [1.165, 1.54) is 16.7 Å². The van der Waals surface area contributed by atoms with Crippen LogP contribution in [0.3, 0.4) is 0 Å². The molecule has 0 aromatic heterocycles. The van der Waals surface area contributed by atoms with Gasteiger partial charge in [-0.25, -0.2) is 0 Å². The van der Waals surface area contributed by atoms with Crippen LogP contribution in [0.5, 0.6) is 5.75 Å². The lowest BCUT2D eigenvalue weighted by Crippen LogP contribution is -2.35. The number of amides is 3. The SMILES string of the molecule is CCCCCCN1C(=O)C(=C2C(=O)N(CC(=O)Nc3ccc(OCC)cc3)c3ccccc32)SC1=S. The number of rotatable bonds is 10. The summed E-state index contributed by atoms with van der Waals surface area (Å²) < 4.78 is 5.90. The molecule has 0 spiro atoms. The number of para-hydroxylation sites is 1. The minimum Gasteiger partial charge on any atom is -0.494 e. The van der Waals surface area contributed by atoms with E-state index in [0.717, 1.165) is 25.7 Å². The zero-order valence-corrected chi connectivity index (χ0v) is 22.0. The number of thiocarbonyl (C=S) groups is 1. The number of nitrogens with one attached hydrogen (secondary N) is 1. The second-order valence-electron chi connectivity index (χ2n) is 8.50. The van der Waals surface area contributed by atoms with Gasteiger partial charge in [0.15, 0.2) is 0 Å². The number of hydrogen-bond donors (Lipinski definition) is 1. The van der Waals surface area contributed by atoms with E-state index in [9.17, 15) is 14.4 Å². The smallest absolute Gasteiger partial charge is 0.267 e. The lowest BCUT2D eigenvalue weighted by atomic mass is 10.1. The molecule has 3 amide bonds. The minimum absolute atomic E-state index is 0.177. The average Bonchev–Trinajstić information content (AvgIpc) is 3.30. The molecule has 188 valence electrons. The van der Waals surface area contributed by atoms with Crippen molar-refractivity contribution >= 4 is 63.0 Å². The third kappa shape index (κ3) is 5.47. The van der Waals surface area contributed by atoms with E-state index in [1.54, 1.807) is 41.3 Å². The minimum atomic E-state index is -0.371. The van der Waals surface area contributed by atoms with Gasteiger partial charge in [0.25, 0.3) is 11.8 Å². The van der Waals surface area contributed by atoms with Crippen LogP contribution in [-0.4, -0.2) is 46.6 Å². The Hall–Kier alpha value is -3.17. The van der Waals surface area contributed by atoms with Gasteiger partial charge in [-0.15, -0.1) is 0 Å². The number of fused-ring (bicyclic) bond motifs is 1. The highest BCUT2D eigenvalue weighted by Gasteiger charge is 2.42. The Morgan fingerprint density at radius 2 is 1.72 bits per heavy atom. The normalized spacial score (nSPS) is 17.1. The van der Waals surface area contributed by atoms with E-state index in [-0.39, 0.29) is 24.3 Å². The third-order valence-corrected chi connectivity index (χ3v) is 7.43. The molecule has 2 aromatic rings. The van der Waals surface area contributed by atoms with Gasteiger partial charge in [-0.1, -0.05) is 68.4 Å². The molecule has 2 aliphatic rings. The van der Waals surface area contributed by atoms with Crippen molar-refractivity contribution in [3.63, 3.8) is 0 Å². The number of ether oxygens (including phenoxy) is 1. The highest BCUT2D eigenvalue weighted by Crippen LogP contribution is 2.44. The van der Waals surface area contributed by atoms with Gasteiger partial charge in [-0.2, -0.15) is 0 Å². The van der Waals surface area contributed by atoms with Gasteiger partial charge in [-0.05, 0) is 43.7 Å². The highest BCUT2D eigenvalue weighted by atomic mass is 32.2. The van der Waals surface area contributed by atoms with Crippen molar-refractivity contribution in [3.05, 3.63) is 59.0 Å². The third-order valence-electron chi connectivity index (χ3n) is 5.99. The van der Waals surface area contributed by atoms with E-state index in [2.05, 4.69) is 12.2 Å². The summed E-state index contributed by atoms with van der Waals surface area (Å²) in [6, 6.07) is 14.3. The molecule has 0 unspecified atom stereocenters. The first-order chi connectivity index (χ1) is 17.4. The molecule has 0 radical (unpaired) electrons. The summed E-state index contributed by atoms with van der Waals surface area (Å²) in [6.45, 7) is 4.97. The maximum Gasteiger partial charge on any atom is 0.267 e. The number of nitrogens with zero attached hydrogens (tertiary/aromatic N) is 2. The number of carbonyl (C=O) groups is 3. The molecule has 1 saturated heterocycles. The van der Waals surface area contributed by atoms with Crippen molar-refractivity contribution in [3.8, 4) is 5.75 Å². The molecular weight excluding hydrogens is 494 g/mol. The average molecular weight is 524 g/mol. The van der Waals surface area contributed by atoms with Crippen molar-refractivity contribution in [2.45, 2.75) is 39.5 Å². The van der Waals surface area contributed by atoms with Crippen molar-refractivity contribution in [2.24, 2.45) is 0 Å². The molecule has 1 fully saturated rings. The Morgan fingerprint density at radius 3 is 2.44 bits per heavy atom. The predicted molar refractivity (Wildman–Crippen MR) is 148 cm³/mol. The Morgan fingerprint density at radius 1 is 0.972 bits per heavy atom. The second-order valence-corrected chi connectivity index (χ2v) is 10.1. The fourth-order valence-electron chi connectivity index (χ4n) is 4.24. The molecule has 0 atom stereocenters. The Kier molecular flexibility index (Phi) is 8.43. The summed E-state index contributed by atoms with van der Waals surface area (Å²) >= 11 is 6.65. The van der Waals surface area contributed by atoms with E-state index in [1.807, 2.05) is 19.1 Å². The van der Waals surface area contributed by atoms with Crippen molar-refractivity contribution in [1.29, 1.82) is 0 Å². The zero-order valence-electron chi connectivity index (χ0n) is 20.4. The molecule has 7 nitrogen and oxygen atoms in total. The first kappa shape index (κ1) is 25.9. The van der Waals surface area contributed by atoms with Crippen LogP contribution in [0.25, 0.3) is 5.57 Å². The summed E-state index contributed by atoms with van der Waals surface area (Å²) in [4.78, 5) is 43.0. The molecule has 36 heavy (non-hydrogen) atoms. The van der Waals surface area contributed by atoms with Gasteiger partial charge in [-0.3, -0.25) is 24.2 Å². The number of unbranched alkanes of at least 4 members (excludes halogenated alkanes) is 3. The van der Waals surface area contributed by atoms with Gasteiger partial charge in [0, 0.05) is 17.8 Å². The Labute approximate surface area is 220 Å². The van der Waals surface area contributed by atoms with E-state index in [0.29, 0.717) is 50.6 Å². The van der Waals surface area contributed by atoms with Crippen molar-refractivity contribution in [1.82, 2.24) is 4.90 Å². The number of anilines is 2. The van der Waals surface area contributed by atoms with Crippen molar-refractivity contribution in [2.75, 3.05) is 29.9 Å². The van der Waals surface area contributed by atoms with Gasteiger partial charge < -0.3 is 10.1 Å². The van der Waals surface area contributed by atoms with Crippen LogP contribution in [-0.2, 0) is 14.4 Å². The molecule has 2 aliphatic heterocycles. The summed E-state index contributed by atoms with van der Waals surface area (Å²) in [7, 11) is 0. The Balaban J connectivity index is 1.53. The monoisotopic (exact) mass is 523 g/mol. The summed E-state index contributed by atoms with van der Waals surface area (Å²) in [5.74, 6) is -0.233. The first-order valence-corrected chi connectivity index (χ1v) is 13.4. The van der Waals surface area contributed by atoms with Gasteiger partial charge >= 0.3 is 0 Å². The molecule has 0 saturated carbocycles. The highest BCUT2D eigenvalue weighted by molar-refractivity contribution is 8.26. The standard InChI is InChI=1S/C27H29N3O4S2/c1-3-5-6-9-16-29-26(33)24(36-27(29)35)23-20-10-7-8-11-21(20)30(25(23)32)17-22(31)28-18-12-14-19(15-13-18)34-4-2/h7-8,10-15H,3-6,9,16-17H2,1-2H3,(H,28,31). The molecule has 2 aromatic carbocycles. The molecular formula is C27H29N3O4S2. The van der Waals surface area contributed by atoms with E-state index >= 15 is 0 Å². The van der Waals surface area contributed by atoms with E-state index < -0.39 is 0 Å². The fraction of sp³-hybridized carbons (Fsp3) is 0.333. The maximum atomic E-state index is 13.6. The molecule has 0 aliphatic carbocycles. The lowest BCUT2D eigenvalue weighted by Gasteiger charge is -2.17. The largest absolute Gasteiger partial charge is 0.494 e. The number of thioether (sulfide) groups is 1. The van der Waals surface area contributed by atoms with Crippen LogP contribution in [0.1, 0.15) is 45.1 Å². The van der Waals surface area contributed by atoms with Crippen LogP contribution in [0.4, 0.5) is 11.4 Å². The first-order valence-electron chi connectivity index (χ1n) is 12.2. The predicted octanol–water partition coefficient (Wildman–Crippen LogP) is 5.22. The summed E-state index contributed by atoms with van der Waals surface area (Å²) in [5, 5.41) is 2.82. The maximum absolute atomic E-state index is 13.6. The van der Waals surface area contributed by atoms with E-state index in [4.69, 9.17) is 17.0 Å². The topological polar surface area (TPSA) is 79.0 Å². The summed E-state index contributed by atoms with van der Waals surface area (Å²) in [5.41, 5.74) is 2.16. The molecule has 9 heteroatoms. The van der Waals surface area contributed by atoms with Crippen LogP contribution in [0.2, 0.25) is 0 Å². The number of hydrogen-bond acceptors (Lipinski definition) is 6. The lowest BCUT2D eigenvalue weighted by molar-refractivity contribution is -0.122. The quantitative estimate of drug-likeness (QED) is 0.261. The van der Waals surface area contributed by atoms with Crippen molar-refractivity contribution < 1.29 is 19.1 Å². The Bertz CT molecular complexity index is 1210. The van der Waals surface area contributed by atoms with Gasteiger partial charge in [0.1, 0.15) is 16.6 Å². The number of benzene rings is 2. The van der Waals surface area contributed by atoms with Crippen LogP contribution >= 0.6 is 24.0 Å². The van der Waals surface area contributed by atoms with Crippen LogP contribution in [0.15, 0.2) is 53.4 Å². The van der Waals surface area contributed by atoms with Crippen LogP contribution in [0, 0.1) is 0 Å². The molecule has 0 bridgehead atoms. The second kappa shape index (κ2) is 11.7. The molecule has 2 heterocycles. The van der Waals surface area contributed by atoms with Gasteiger partial charge in [0.05, 0.1) is 22.8 Å². The molecule has 4 rings (SSSR count). The fourth-order valence-corrected chi connectivity index (χ4v) is 5.62. The number of carbonyl (C=O) groups excluding carboxylic acids is 3. The summed E-state index contributed by atoms with van der Waals surface area (Å²) in [6.07, 6.45) is 4.11. The molecule has 1 N–H and O–H groups in total. The van der Waals surface area contributed by atoms with Gasteiger partial charge in [0.2, 0.25) is 5.91 Å². The zero-order chi connectivity index (χ0) is 25.7. The van der Waals surface area contributed by atoms with Crippen LogP contribution < -0.4 is 15.0 Å².